The molecular formula is C18H17N3O3. The normalized spacial score (nSPS) is 10.7. The number of H-pyrrole nitrogens is 1. The lowest BCUT2D eigenvalue weighted by Crippen LogP contribution is -2.24. The van der Waals surface area contributed by atoms with Crippen LogP contribution in [0.5, 0.6) is 0 Å². The number of nitrogens with zero attached hydrogens (tertiary/aromatic N) is 1. The number of hydrogen-bond donors (Lipinski definition) is 2. The minimum Gasteiger partial charge on any atom is -0.361 e. The van der Waals surface area contributed by atoms with Crippen molar-refractivity contribution in [1.82, 2.24) is 10.3 Å². The molecule has 3 aromatic rings. The van der Waals surface area contributed by atoms with E-state index >= 15 is 0 Å². The summed E-state index contributed by atoms with van der Waals surface area (Å²) < 4.78 is 0. The first kappa shape index (κ1) is 15.7. The smallest absolute Gasteiger partial charge is 0.269 e. The van der Waals surface area contributed by atoms with Crippen molar-refractivity contribution in [2.24, 2.45) is 0 Å². The summed E-state index contributed by atoms with van der Waals surface area (Å²) in [6.07, 6.45) is 3.69. The number of amides is 1. The van der Waals surface area contributed by atoms with Crippen molar-refractivity contribution < 1.29 is 9.72 Å². The highest BCUT2D eigenvalue weighted by Gasteiger charge is 2.09. The predicted octanol–water partition coefficient (Wildman–Crippen LogP) is 3.44. The first-order valence-corrected chi connectivity index (χ1v) is 7.73. The molecular weight excluding hydrogens is 306 g/mol. The number of para-hydroxylation sites is 1. The van der Waals surface area contributed by atoms with Gasteiger partial charge in [-0.1, -0.05) is 18.2 Å². The van der Waals surface area contributed by atoms with Crippen molar-refractivity contribution in [2.75, 3.05) is 6.54 Å². The van der Waals surface area contributed by atoms with E-state index in [0.29, 0.717) is 12.1 Å². The number of carbonyl (C=O) groups excluding carboxylic acids is 1. The minimum absolute atomic E-state index is 0.0223. The Labute approximate surface area is 138 Å². The summed E-state index contributed by atoms with van der Waals surface area (Å²) in [6, 6.07) is 13.7. The first-order chi connectivity index (χ1) is 11.6. The van der Waals surface area contributed by atoms with Crippen molar-refractivity contribution in [3.8, 4) is 0 Å². The fourth-order valence-electron chi connectivity index (χ4n) is 2.66. The number of non-ortho nitro benzene ring substituents is 1. The van der Waals surface area contributed by atoms with Crippen LogP contribution in [0.3, 0.4) is 0 Å². The zero-order valence-corrected chi connectivity index (χ0v) is 13.0. The predicted molar refractivity (Wildman–Crippen MR) is 92.0 cm³/mol. The lowest BCUT2D eigenvalue weighted by molar-refractivity contribution is -0.384. The second-order valence-electron chi connectivity index (χ2n) is 5.52. The van der Waals surface area contributed by atoms with Crippen LogP contribution in [0.4, 0.5) is 5.69 Å². The van der Waals surface area contributed by atoms with Crippen molar-refractivity contribution >= 4 is 22.5 Å². The maximum Gasteiger partial charge on any atom is 0.269 e. The molecule has 2 aromatic carbocycles. The molecule has 0 unspecified atom stereocenters. The molecule has 0 spiro atoms. The number of aromatic amines is 1. The van der Waals surface area contributed by atoms with Crippen molar-refractivity contribution in [3.05, 3.63) is 76.0 Å². The van der Waals surface area contributed by atoms with Crippen LogP contribution >= 0.6 is 0 Å². The van der Waals surface area contributed by atoms with Gasteiger partial charge in [-0.05, 0) is 36.6 Å². The third-order valence-electron chi connectivity index (χ3n) is 3.92. The van der Waals surface area contributed by atoms with Crippen molar-refractivity contribution in [1.29, 1.82) is 0 Å². The van der Waals surface area contributed by atoms with Gasteiger partial charge >= 0.3 is 0 Å². The van der Waals surface area contributed by atoms with Crippen molar-refractivity contribution in [3.63, 3.8) is 0 Å². The maximum absolute atomic E-state index is 12.0. The molecule has 1 aromatic heterocycles. The summed E-state index contributed by atoms with van der Waals surface area (Å²) in [5.74, 6) is -0.219. The minimum atomic E-state index is -0.483. The van der Waals surface area contributed by atoms with E-state index in [0.717, 1.165) is 18.4 Å². The molecule has 0 bridgehead atoms. The quantitative estimate of drug-likeness (QED) is 0.414. The molecule has 3 rings (SSSR count). The average Bonchev–Trinajstić information content (AvgIpc) is 3.02. The van der Waals surface area contributed by atoms with Gasteiger partial charge in [-0.15, -0.1) is 0 Å². The van der Waals surface area contributed by atoms with Crippen LogP contribution in [0.15, 0.2) is 54.7 Å². The molecule has 0 aliphatic carbocycles. The highest BCUT2D eigenvalue weighted by atomic mass is 16.6. The molecule has 0 atom stereocenters. The van der Waals surface area contributed by atoms with E-state index in [4.69, 9.17) is 0 Å². The number of rotatable bonds is 6. The Bertz CT molecular complexity index is 869. The highest BCUT2D eigenvalue weighted by Crippen LogP contribution is 2.18. The van der Waals surface area contributed by atoms with E-state index in [-0.39, 0.29) is 11.6 Å². The number of nitro benzene ring substituents is 1. The molecule has 6 heteroatoms. The molecule has 1 heterocycles. The number of benzene rings is 2. The zero-order valence-electron chi connectivity index (χ0n) is 13.0. The van der Waals surface area contributed by atoms with Gasteiger partial charge in [0.25, 0.3) is 11.6 Å². The molecule has 0 aliphatic rings. The van der Waals surface area contributed by atoms with Gasteiger partial charge in [0.05, 0.1) is 4.92 Å². The summed E-state index contributed by atoms with van der Waals surface area (Å²) in [5.41, 5.74) is 2.75. The summed E-state index contributed by atoms with van der Waals surface area (Å²) in [6.45, 7) is 0.551. The number of carbonyl (C=O) groups is 1. The fraction of sp³-hybridized carbons (Fsp3) is 0.167. The maximum atomic E-state index is 12.0. The molecule has 0 saturated carbocycles. The fourth-order valence-corrected chi connectivity index (χ4v) is 2.66. The van der Waals surface area contributed by atoms with E-state index < -0.39 is 4.92 Å². The Hall–Kier alpha value is -3.15. The lowest BCUT2D eigenvalue weighted by Gasteiger charge is -2.05. The van der Waals surface area contributed by atoms with Crippen LogP contribution in [-0.2, 0) is 6.42 Å². The second-order valence-corrected chi connectivity index (χ2v) is 5.52. The molecule has 0 saturated heterocycles. The number of aryl methyl sites for hydroxylation is 1. The number of hydrogen-bond acceptors (Lipinski definition) is 3. The van der Waals surface area contributed by atoms with Gasteiger partial charge in [0, 0.05) is 41.3 Å². The third-order valence-corrected chi connectivity index (χ3v) is 3.92. The Balaban J connectivity index is 1.51. The molecule has 0 fully saturated rings. The summed E-state index contributed by atoms with van der Waals surface area (Å²) in [4.78, 5) is 25.4. The molecule has 0 radical (unpaired) electrons. The van der Waals surface area contributed by atoms with Crippen LogP contribution in [0, 0.1) is 10.1 Å². The van der Waals surface area contributed by atoms with Gasteiger partial charge in [-0.2, -0.15) is 0 Å². The standard InChI is InChI=1S/C18H17N3O3/c22-18(13-7-9-15(10-8-13)21(23)24)19-11-3-4-14-12-20-17-6-2-1-5-16(14)17/h1-2,5-10,12,20H,3-4,11H2,(H,19,22). The molecule has 122 valence electrons. The van der Waals surface area contributed by atoms with Gasteiger partial charge in [-0.3, -0.25) is 14.9 Å². The van der Waals surface area contributed by atoms with Crippen LogP contribution < -0.4 is 5.32 Å². The molecule has 2 N–H and O–H groups in total. The largest absolute Gasteiger partial charge is 0.361 e. The van der Waals surface area contributed by atoms with Crippen LogP contribution in [-0.4, -0.2) is 22.4 Å². The van der Waals surface area contributed by atoms with Crippen molar-refractivity contribution in [2.45, 2.75) is 12.8 Å². The van der Waals surface area contributed by atoms with Gasteiger partial charge < -0.3 is 10.3 Å². The highest BCUT2D eigenvalue weighted by molar-refractivity contribution is 5.94. The topological polar surface area (TPSA) is 88.0 Å². The second kappa shape index (κ2) is 6.95. The summed E-state index contributed by atoms with van der Waals surface area (Å²) >= 11 is 0. The lowest BCUT2D eigenvalue weighted by atomic mass is 10.1. The molecule has 0 aliphatic heterocycles. The van der Waals surface area contributed by atoms with Gasteiger partial charge in [0.2, 0.25) is 0 Å². The van der Waals surface area contributed by atoms with E-state index in [1.807, 2.05) is 24.4 Å². The van der Waals surface area contributed by atoms with E-state index in [1.54, 1.807) is 0 Å². The van der Waals surface area contributed by atoms with Crippen LogP contribution in [0.1, 0.15) is 22.3 Å². The van der Waals surface area contributed by atoms with Gasteiger partial charge in [-0.25, -0.2) is 0 Å². The molecule has 6 nitrogen and oxygen atoms in total. The summed E-state index contributed by atoms with van der Waals surface area (Å²) in [7, 11) is 0. The number of fused-ring (bicyclic) bond motifs is 1. The molecule has 1 amide bonds. The average molecular weight is 323 g/mol. The molecule has 24 heavy (non-hydrogen) atoms. The third kappa shape index (κ3) is 3.43. The number of nitro groups is 1. The van der Waals surface area contributed by atoms with Crippen LogP contribution in [0.25, 0.3) is 10.9 Å². The van der Waals surface area contributed by atoms with E-state index in [2.05, 4.69) is 16.4 Å². The zero-order chi connectivity index (χ0) is 16.9. The Kier molecular flexibility index (Phi) is 4.56. The SMILES string of the molecule is O=C(NCCCc1c[nH]c2ccccc12)c1ccc([N+](=O)[O-])cc1. The number of nitrogens with one attached hydrogen (secondary N) is 2. The first-order valence-electron chi connectivity index (χ1n) is 7.73. The van der Waals surface area contributed by atoms with Gasteiger partial charge in [0.1, 0.15) is 0 Å². The number of aromatic nitrogens is 1. The summed E-state index contributed by atoms with van der Waals surface area (Å²) in [5, 5.41) is 14.6. The van der Waals surface area contributed by atoms with Crippen LogP contribution in [0.2, 0.25) is 0 Å². The van der Waals surface area contributed by atoms with Gasteiger partial charge in [0.15, 0.2) is 0 Å². The van der Waals surface area contributed by atoms with E-state index in [1.165, 1.54) is 35.2 Å². The Morgan fingerprint density at radius 1 is 1.12 bits per heavy atom. The van der Waals surface area contributed by atoms with E-state index in [9.17, 15) is 14.9 Å². The Morgan fingerprint density at radius 3 is 2.62 bits per heavy atom. The Morgan fingerprint density at radius 2 is 1.88 bits per heavy atom. The monoisotopic (exact) mass is 323 g/mol.